The van der Waals surface area contributed by atoms with Crippen LogP contribution in [0.4, 0.5) is 0 Å². The summed E-state index contributed by atoms with van der Waals surface area (Å²) in [5.74, 6) is 0. The smallest absolute Gasteiger partial charge is 0.0850 e. The molecule has 0 radical (unpaired) electrons. The third-order valence-corrected chi connectivity index (χ3v) is 1.83. The van der Waals surface area contributed by atoms with Gasteiger partial charge < -0.3 is 5.73 Å². The van der Waals surface area contributed by atoms with Crippen LogP contribution >= 0.6 is 0 Å². The number of hydrogen-bond donors (Lipinski definition) is 1. The summed E-state index contributed by atoms with van der Waals surface area (Å²) < 4.78 is 1.78. The summed E-state index contributed by atoms with van der Waals surface area (Å²) in [5, 5.41) is 4.22. The maximum atomic E-state index is 5.69. The van der Waals surface area contributed by atoms with E-state index < -0.39 is 0 Å². The molecular formula is C9H15N3. The zero-order chi connectivity index (χ0) is 9.14. The third kappa shape index (κ3) is 2.20. The molecule has 3 heteroatoms. The minimum Gasteiger partial charge on any atom is -0.324 e. The van der Waals surface area contributed by atoms with E-state index in [1.165, 1.54) is 0 Å². The molecule has 0 saturated carbocycles. The van der Waals surface area contributed by atoms with Gasteiger partial charge in [-0.15, -0.1) is 0 Å². The van der Waals surface area contributed by atoms with Crippen molar-refractivity contribution in [3.8, 4) is 0 Å². The first-order valence-electron chi connectivity index (χ1n) is 4.03. The van der Waals surface area contributed by atoms with Crippen LogP contribution in [0.2, 0.25) is 0 Å². The molecule has 1 heterocycles. The molecule has 0 amide bonds. The summed E-state index contributed by atoms with van der Waals surface area (Å²) in [5.41, 5.74) is 7.80. The first-order chi connectivity index (χ1) is 5.59. The van der Waals surface area contributed by atoms with Gasteiger partial charge in [0.2, 0.25) is 0 Å². The van der Waals surface area contributed by atoms with E-state index in [0.29, 0.717) is 0 Å². The van der Waals surface area contributed by atoms with Crippen LogP contribution in [-0.2, 0) is 7.05 Å². The second kappa shape index (κ2) is 3.54. The topological polar surface area (TPSA) is 43.8 Å². The number of nitrogens with zero attached hydrogens (tertiary/aromatic N) is 2. The Labute approximate surface area is 72.9 Å². The zero-order valence-corrected chi connectivity index (χ0v) is 7.78. The zero-order valence-electron chi connectivity index (χ0n) is 7.78. The van der Waals surface area contributed by atoms with Crippen LogP contribution in [0.25, 0.3) is 6.08 Å². The largest absolute Gasteiger partial charge is 0.324 e. The first kappa shape index (κ1) is 9.00. The van der Waals surface area contributed by atoms with Gasteiger partial charge in [-0.25, -0.2) is 0 Å². The van der Waals surface area contributed by atoms with Gasteiger partial charge in [-0.1, -0.05) is 5.57 Å². The van der Waals surface area contributed by atoms with Gasteiger partial charge in [0.05, 0.1) is 5.69 Å². The monoisotopic (exact) mass is 165 g/mol. The lowest BCUT2D eigenvalue weighted by atomic mass is 10.1. The standard InChI is InChI=1S/C9H15N3/c1-7(8(2)10)6-9-4-5-12(3)11-9/h4-6,8H,10H2,1-3H3/b7-6+. The molecule has 0 aliphatic carbocycles. The predicted octanol–water partition coefficient (Wildman–Crippen LogP) is 1.17. The molecule has 12 heavy (non-hydrogen) atoms. The van der Waals surface area contributed by atoms with Crippen molar-refractivity contribution in [3.05, 3.63) is 23.5 Å². The molecule has 1 unspecified atom stereocenters. The van der Waals surface area contributed by atoms with Crippen molar-refractivity contribution in [3.63, 3.8) is 0 Å². The molecule has 0 aliphatic heterocycles. The summed E-state index contributed by atoms with van der Waals surface area (Å²) in [7, 11) is 1.90. The number of hydrogen-bond acceptors (Lipinski definition) is 2. The lowest BCUT2D eigenvalue weighted by Gasteiger charge is -2.02. The lowest BCUT2D eigenvalue weighted by molar-refractivity contribution is 0.763. The van der Waals surface area contributed by atoms with E-state index >= 15 is 0 Å². The fraction of sp³-hybridized carbons (Fsp3) is 0.444. The predicted molar refractivity (Wildman–Crippen MR) is 50.5 cm³/mol. The van der Waals surface area contributed by atoms with E-state index in [2.05, 4.69) is 5.10 Å². The molecule has 1 rings (SSSR count). The minimum absolute atomic E-state index is 0.104. The maximum Gasteiger partial charge on any atom is 0.0850 e. The highest BCUT2D eigenvalue weighted by molar-refractivity contribution is 5.48. The van der Waals surface area contributed by atoms with Crippen molar-refractivity contribution in [1.29, 1.82) is 0 Å². The minimum atomic E-state index is 0.104. The quantitative estimate of drug-likeness (QED) is 0.715. The Balaban J connectivity index is 2.80. The van der Waals surface area contributed by atoms with Gasteiger partial charge in [0.25, 0.3) is 0 Å². The van der Waals surface area contributed by atoms with Gasteiger partial charge in [-0.2, -0.15) is 5.10 Å². The van der Waals surface area contributed by atoms with E-state index in [4.69, 9.17) is 5.73 Å². The Morgan fingerprint density at radius 2 is 2.42 bits per heavy atom. The van der Waals surface area contributed by atoms with Crippen LogP contribution in [0.1, 0.15) is 19.5 Å². The fourth-order valence-electron chi connectivity index (χ4n) is 0.875. The molecule has 0 aromatic carbocycles. The Hall–Kier alpha value is -1.09. The number of nitrogens with two attached hydrogens (primary N) is 1. The molecule has 0 bridgehead atoms. The molecule has 1 atom stereocenters. The van der Waals surface area contributed by atoms with Gasteiger partial charge in [0, 0.05) is 19.3 Å². The highest BCUT2D eigenvalue weighted by Gasteiger charge is 1.97. The summed E-state index contributed by atoms with van der Waals surface area (Å²) in [6.45, 7) is 3.98. The number of rotatable bonds is 2. The van der Waals surface area contributed by atoms with Crippen molar-refractivity contribution in [2.45, 2.75) is 19.9 Å². The van der Waals surface area contributed by atoms with E-state index in [1.807, 2.05) is 39.2 Å². The fourth-order valence-corrected chi connectivity index (χ4v) is 0.875. The summed E-state index contributed by atoms with van der Waals surface area (Å²) in [6, 6.07) is 2.07. The van der Waals surface area contributed by atoms with E-state index in [0.717, 1.165) is 11.3 Å². The van der Waals surface area contributed by atoms with E-state index in [-0.39, 0.29) is 6.04 Å². The molecule has 2 N–H and O–H groups in total. The first-order valence-corrected chi connectivity index (χ1v) is 4.03. The van der Waals surface area contributed by atoms with Crippen LogP contribution in [0, 0.1) is 0 Å². The normalized spacial score (nSPS) is 14.8. The van der Waals surface area contributed by atoms with Gasteiger partial charge in [0.15, 0.2) is 0 Å². The summed E-state index contributed by atoms with van der Waals surface area (Å²) >= 11 is 0. The van der Waals surface area contributed by atoms with Crippen molar-refractivity contribution >= 4 is 6.08 Å². The van der Waals surface area contributed by atoms with E-state index in [1.54, 1.807) is 4.68 Å². The van der Waals surface area contributed by atoms with Crippen LogP contribution in [0.3, 0.4) is 0 Å². The lowest BCUT2D eigenvalue weighted by Crippen LogP contribution is -2.15. The summed E-state index contributed by atoms with van der Waals surface area (Å²) in [4.78, 5) is 0. The average Bonchev–Trinajstić information content (AvgIpc) is 2.35. The molecule has 0 spiro atoms. The highest BCUT2D eigenvalue weighted by atomic mass is 15.2. The van der Waals surface area contributed by atoms with Crippen LogP contribution in [0.15, 0.2) is 17.8 Å². The molecule has 0 saturated heterocycles. The molecule has 0 aliphatic rings. The molecule has 1 aromatic rings. The van der Waals surface area contributed by atoms with Crippen molar-refractivity contribution in [2.24, 2.45) is 12.8 Å². The van der Waals surface area contributed by atoms with Gasteiger partial charge in [-0.05, 0) is 26.0 Å². The Morgan fingerprint density at radius 3 is 2.83 bits per heavy atom. The van der Waals surface area contributed by atoms with Crippen LogP contribution in [-0.4, -0.2) is 15.8 Å². The molecule has 1 aromatic heterocycles. The highest BCUT2D eigenvalue weighted by Crippen LogP contribution is 2.05. The Kier molecular flexibility index (Phi) is 2.65. The van der Waals surface area contributed by atoms with E-state index in [9.17, 15) is 0 Å². The van der Waals surface area contributed by atoms with Crippen molar-refractivity contribution in [1.82, 2.24) is 9.78 Å². The molecular weight excluding hydrogens is 150 g/mol. The average molecular weight is 165 g/mol. The Bertz CT molecular complexity index is 284. The van der Waals surface area contributed by atoms with Gasteiger partial charge in [0.1, 0.15) is 0 Å². The Morgan fingerprint density at radius 1 is 1.75 bits per heavy atom. The molecule has 0 fully saturated rings. The van der Waals surface area contributed by atoms with Crippen LogP contribution in [0.5, 0.6) is 0 Å². The van der Waals surface area contributed by atoms with Crippen LogP contribution < -0.4 is 5.73 Å². The summed E-state index contributed by atoms with van der Waals surface area (Å²) in [6.07, 6.45) is 3.92. The third-order valence-electron chi connectivity index (χ3n) is 1.83. The SMILES string of the molecule is C/C(=C\c1ccn(C)n1)C(C)N. The van der Waals surface area contributed by atoms with Gasteiger partial charge in [-0.3, -0.25) is 4.68 Å². The number of aromatic nitrogens is 2. The second-order valence-corrected chi connectivity index (χ2v) is 3.09. The second-order valence-electron chi connectivity index (χ2n) is 3.09. The van der Waals surface area contributed by atoms with Gasteiger partial charge >= 0.3 is 0 Å². The van der Waals surface area contributed by atoms with Crippen molar-refractivity contribution < 1.29 is 0 Å². The van der Waals surface area contributed by atoms with Crippen molar-refractivity contribution in [2.75, 3.05) is 0 Å². The molecule has 3 nitrogen and oxygen atoms in total. The maximum absolute atomic E-state index is 5.69. The number of aryl methyl sites for hydroxylation is 1. The molecule has 66 valence electrons.